The van der Waals surface area contributed by atoms with Gasteiger partial charge in [0, 0.05) is 18.9 Å². The molecule has 37 heavy (non-hydrogen) atoms. The summed E-state index contributed by atoms with van der Waals surface area (Å²) >= 11 is 0. The third kappa shape index (κ3) is 7.81. The minimum Gasteiger partial charge on any atom is -0.490 e. The predicted molar refractivity (Wildman–Crippen MR) is 132 cm³/mol. The van der Waals surface area contributed by atoms with Gasteiger partial charge in [0.2, 0.25) is 10.0 Å². The second kappa shape index (κ2) is 11.8. The van der Waals surface area contributed by atoms with Crippen molar-refractivity contribution in [1.29, 1.82) is 0 Å². The Balaban J connectivity index is 1.42. The number of benzene rings is 2. The van der Waals surface area contributed by atoms with Crippen LogP contribution >= 0.6 is 0 Å². The number of ether oxygens (including phenoxy) is 2. The van der Waals surface area contributed by atoms with Gasteiger partial charge in [0.1, 0.15) is 12.5 Å². The third-order valence-corrected chi connectivity index (χ3v) is 7.21. The van der Waals surface area contributed by atoms with Gasteiger partial charge < -0.3 is 9.47 Å². The zero-order valence-electron chi connectivity index (χ0n) is 19.9. The molecule has 12 heteroatoms. The number of nitrogens with zero attached hydrogens (tertiary/aromatic N) is 1. The lowest BCUT2D eigenvalue weighted by Gasteiger charge is -2.21. The summed E-state index contributed by atoms with van der Waals surface area (Å²) in [5.41, 5.74) is -0.255. The van der Waals surface area contributed by atoms with E-state index in [0.29, 0.717) is 23.7 Å². The lowest BCUT2D eigenvalue weighted by molar-refractivity contribution is 0.0744. The fourth-order valence-electron chi connectivity index (χ4n) is 3.58. The molecule has 2 N–H and O–H groups in total. The molecule has 0 radical (unpaired) electrons. The molecule has 0 saturated heterocycles. The zero-order valence-corrected chi connectivity index (χ0v) is 20.7. The molecule has 1 atom stereocenters. The van der Waals surface area contributed by atoms with Crippen LogP contribution in [0.15, 0.2) is 64.3 Å². The van der Waals surface area contributed by atoms with E-state index in [2.05, 4.69) is 9.71 Å². The quantitative estimate of drug-likeness (QED) is 0.325. The van der Waals surface area contributed by atoms with Crippen LogP contribution in [0.25, 0.3) is 0 Å². The molecule has 1 aliphatic rings. The Bertz CT molecular complexity index is 1440. The Morgan fingerprint density at radius 2 is 1.78 bits per heavy atom. The predicted octanol–water partition coefficient (Wildman–Crippen LogP) is 2.68. The number of sulfonamides is 1. The Labute approximate surface area is 212 Å². The van der Waals surface area contributed by atoms with Crippen LogP contribution in [0.2, 0.25) is 0 Å². The van der Waals surface area contributed by atoms with Crippen molar-refractivity contribution in [3.8, 4) is 5.75 Å². The molecule has 1 saturated carbocycles. The van der Waals surface area contributed by atoms with E-state index in [9.17, 15) is 26.8 Å². The molecule has 0 bridgehead atoms. The van der Waals surface area contributed by atoms with Gasteiger partial charge in [0.25, 0.3) is 5.56 Å². The molecular formula is C25H27F2N3O6S. The Morgan fingerprint density at radius 3 is 2.49 bits per heavy atom. The normalized spacial score (nSPS) is 14.4. The lowest BCUT2D eigenvalue weighted by Crippen LogP contribution is -2.32. The summed E-state index contributed by atoms with van der Waals surface area (Å²) in [5.74, 6) is -0.890. The summed E-state index contributed by atoms with van der Waals surface area (Å²) in [4.78, 5) is 24.9. The minimum absolute atomic E-state index is 0.0293. The molecule has 1 fully saturated rings. The molecule has 1 unspecified atom stereocenters. The summed E-state index contributed by atoms with van der Waals surface area (Å²) < 4.78 is 68.4. The number of hydrogen-bond acceptors (Lipinski definition) is 6. The van der Waals surface area contributed by atoms with Gasteiger partial charge in [-0.25, -0.2) is 26.7 Å². The fourth-order valence-corrected chi connectivity index (χ4v) is 4.83. The first-order valence-electron chi connectivity index (χ1n) is 11.8. The van der Waals surface area contributed by atoms with Gasteiger partial charge in [-0.15, -0.1) is 0 Å². The summed E-state index contributed by atoms with van der Waals surface area (Å²) in [6.07, 6.45) is 3.45. The second-order valence-electron chi connectivity index (χ2n) is 8.84. The molecule has 198 valence electrons. The van der Waals surface area contributed by atoms with Crippen molar-refractivity contribution in [2.75, 3.05) is 19.0 Å². The Hall–Kier alpha value is -3.35. The van der Waals surface area contributed by atoms with E-state index in [0.717, 1.165) is 17.4 Å². The lowest BCUT2D eigenvalue weighted by atomic mass is 9.99. The van der Waals surface area contributed by atoms with Crippen molar-refractivity contribution < 1.29 is 26.7 Å². The van der Waals surface area contributed by atoms with Gasteiger partial charge in [-0.05, 0) is 60.6 Å². The van der Waals surface area contributed by atoms with Crippen LogP contribution in [0.1, 0.15) is 36.4 Å². The van der Waals surface area contributed by atoms with E-state index >= 15 is 0 Å². The number of hydrogen-bond donors (Lipinski definition) is 2. The summed E-state index contributed by atoms with van der Waals surface area (Å²) in [6.45, 7) is 0.266. The van der Waals surface area contributed by atoms with Gasteiger partial charge >= 0.3 is 5.69 Å². The molecule has 2 aromatic carbocycles. The largest absolute Gasteiger partial charge is 0.490 e. The van der Waals surface area contributed by atoms with Gasteiger partial charge in [-0.1, -0.05) is 18.2 Å². The van der Waals surface area contributed by atoms with Crippen molar-refractivity contribution in [3.05, 3.63) is 98.3 Å². The maximum Gasteiger partial charge on any atom is 0.330 e. The number of nitrogens with one attached hydrogen (secondary N) is 2. The SMILES string of the molecule is O=c1ccn(COCCCS(=O)(=O)NC(c2ccc(F)cc2)c2ccc(F)c(OCC3CC3)c2)c(=O)[nH]1. The highest BCUT2D eigenvalue weighted by atomic mass is 32.2. The van der Waals surface area contributed by atoms with Gasteiger partial charge in [0.05, 0.1) is 18.4 Å². The van der Waals surface area contributed by atoms with Crippen LogP contribution in [-0.4, -0.2) is 36.9 Å². The van der Waals surface area contributed by atoms with E-state index < -0.39 is 38.9 Å². The van der Waals surface area contributed by atoms with Crippen LogP contribution in [0.3, 0.4) is 0 Å². The van der Waals surface area contributed by atoms with E-state index in [1.165, 1.54) is 54.7 Å². The first-order valence-corrected chi connectivity index (χ1v) is 13.4. The molecule has 3 aromatic rings. The van der Waals surface area contributed by atoms with Crippen molar-refractivity contribution >= 4 is 10.0 Å². The first-order chi connectivity index (χ1) is 17.7. The van der Waals surface area contributed by atoms with E-state index in [1.54, 1.807) is 0 Å². The van der Waals surface area contributed by atoms with Gasteiger partial charge in [0.15, 0.2) is 11.6 Å². The average molecular weight is 536 g/mol. The smallest absolute Gasteiger partial charge is 0.330 e. The Morgan fingerprint density at radius 1 is 1.05 bits per heavy atom. The number of halogens is 2. The molecule has 9 nitrogen and oxygen atoms in total. The molecule has 0 amide bonds. The Kier molecular flexibility index (Phi) is 8.52. The summed E-state index contributed by atoms with van der Waals surface area (Å²) in [5, 5.41) is 0. The topological polar surface area (TPSA) is 119 Å². The van der Waals surface area contributed by atoms with Crippen LogP contribution < -0.4 is 20.7 Å². The summed E-state index contributed by atoms with van der Waals surface area (Å²) in [6, 6.07) is 9.76. The van der Waals surface area contributed by atoms with Crippen LogP contribution in [0, 0.1) is 17.6 Å². The van der Waals surface area contributed by atoms with Crippen molar-refractivity contribution in [3.63, 3.8) is 0 Å². The van der Waals surface area contributed by atoms with E-state index in [4.69, 9.17) is 9.47 Å². The zero-order chi connectivity index (χ0) is 26.4. The monoisotopic (exact) mass is 535 g/mol. The van der Waals surface area contributed by atoms with E-state index in [-0.39, 0.29) is 31.3 Å². The molecule has 0 spiro atoms. The first kappa shape index (κ1) is 26.7. The number of aromatic nitrogens is 2. The van der Waals surface area contributed by atoms with Crippen LogP contribution in [0.4, 0.5) is 8.78 Å². The highest BCUT2D eigenvalue weighted by Gasteiger charge is 2.25. The van der Waals surface area contributed by atoms with E-state index in [1.807, 2.05) is 0 Å². The maximum absolute atomic E-state index is 14.3. The maximum atomic E-state index is 14.3. The van der Waals surface area contributed by atoms with Crippen molar-refractivity contribution in [2.45, 2.75) is 32.0 Å². The van der Waals surface area contributed by atoms with Crippen molar-refractivity contribution in [1.82, 2.24) is 14.3 Å². The molecular weight excluding hydrogens is 508 g/mol. The highest BCUT2D eigenvalue weighted by Crippen LogP contribution is 2.32. The van der Waals surface area contributed by atoms with Gasteiger partial charge in [-0.2, -0.15) is 0 Å². The number of rotatable bonds is 13. The minimum atomic E-state index is -3.86. The van der Waals surface area contributed by atoms with Gasteiger partial charge in [-0.3, -0.25) is 14.3 Å². The molecule has 1 aromatic heterocycles. The number of H-pyrrole nitrogens is 1. The third-order valence-electron chi connectivity index (χ3n) is 5.79. The van der Waals surface area contributed by atoms with Crippen LogP contribution in [-0.2, 0) is 21.5 Å². The summed E-state index contributed by atoms with van der Waals surface area (Å²) in [7, 11) is -3.86. The molecule has 1 aliphatic carbocycles. The molecule has 4 rings (SSSR count). The average Bonchev–Trinajstić information content (AvgIpc) is 3.68. The fraction of sp³-hybridized carbons (Fsp3) is 0.360. The molecule has 0 aliphatic heterocycles. The number of aromatic amines is 1. The van der Waals surface area contributed by atoms with Crippen molar-refractivity contribution in [2.24, 2.45) is 5.92 Å². The van der Waals surface area contributed by atoms with Crippen LogP contribution in [0.5, 0.6) is 5.75 Å². The molecule has 1 heterocycles. The highest BCUT2D eigenvalue weighted by molar-refractivity contribution is 7.89. The second-order valence-corrected chi connectivity index (χ2v) is 10.7. The standard InChI is InChI=1S/C25H27F2N3O6S/c26-20-7-4-18(5-8-20)24(19-6-9-21(27)22(14-19)36-15-17-2-3-17)29-37(33,34)13-1-12-35-16-30-11-10-23(31)28-25(30)32/h4-11,14,17,24,29H,1-3,12-13,15-16H2,(H,28,31,32).